The van der Waals surface area contributed by atoms with Gasteiger partial charge in [0.2, 0.25) is 5.95 Å². The Morgan fingerprint density at radius 1 is 0.895 bits per heavy atom. The van der Waals surface area contributed by atoms with Crippen molar-refractivity contribution in [3.05, 3.63) is 65.1 Å². The van der Waals surface area contributed by atoms with Crippen LogP contribution in [0.5, 0.6) is 0 Å². The lowest BCUT2D eigenvalue weighted by atomic mass is 9.93. The van der Waals surface area contributed by atoms with E-state index in [0.29, 0.717) is 36.4 Å². The Labute approximate surface area is 221 Å². The van der Waals surface area contributed by atoms with Crippen LogP contribution < -0.4 is 16.0 Å². The normalized spacial score (nSPS) is 18.2. The molecule has 0 aliphatic carbocycles. The molecule has 0 atom stereocenters. The molecule has 4 heterocycles. The first kappa shape index (κ1) is 24.8. The maximum absolute atomic E-state index is 15.3. The Balaban J connectivity index is 1.39. The fraction of sp³-hybridized carbons (Fsp3) is 0.379. The SMILES string of the molecule is Nc1nc(F)c(-c2ccc(N3CCOCC3)c(CN3CCOCC3)c2)cc1-c1ccc2c(c1)CCNC2=O. The fourth-order valence-electron chi connectivity index (χ4n) is 5.53. The summed E-state index contributed by atoms with van der Waals surface area (Å²) in [4.78, 5) is 21.0. The zero-order valence-corrected chi connectivity index (χ0v) is 21.3. The van der Waals surface area contributed by atoms with E-state index < -0.39 is 5.95 Å². The number of nitrogens with two attached hydrogens (primary N) is 1. The molecule has 3 aromatic rings. The number of fused-ring (bicyclic) bond motifs is 1. The number of halogens is 1. The highest BCUT2D eigenvalue weighted by atomic mass is 19.1. The van der Waals surface area contributed by atoms with Crippen molar-refractivity contribution in [1.82, 2.24) is 15.2 Å². The highest BCUT2D eigenvalue weighted by Gasteiger charge is 2.22. The smallest absolute Gasteiger partial charge is 0.251 e. The molecule has 0 radical (unpaired) electrons. The number of amides is 1. The predicted molar refractivity (Wildman–Crippen MR) is 145 cm³/mol. The second-order valence-electron chi connectivity index (χ2n) is 9.97. The summed E-state index contributed by atoms with van der Waals surface area (Å²) in [6, 6.07) is 13.5. The fourth-order valence-corrected chi connectivity index (χ4v) is 5.53. The highest BCUT2D eigenvalue weighted by molar-refractivity contribution is 5.97. The van der Waals surface area contributed by atoms with Crippen LogP contribution in [-0.4, -0.2) is 74.9 Å². The lowest BCUT2D eigenvalue weighted by Gasteiger charge is -2.33. The first-order chi connectivity index (χ1) is 18.6. The molecule has 2 fully saturated rings. The summed E-state index contributed by atoms with van der Waals surface area (Å²) in [6.45, 7) is 7.57. The molecule has 0 saturated carbocycles. The Morgan fingerprint density at radius 3 is 2.39 bits per heavy atom. The van der Waals surface area contributed by atoms with Gasteiger partial charge in [0.15, 0.2) is 0 Å². The number of carbonyl (C=O) groups excluding carboxylic acids is 1. The van der Waals surface area contributed by atoms with Gasteiger partial charge >= 0.3 is 0 Å². The van der Waals surface area contributed by atoms with Crippen molar-refractivity contribution in [3.63, 3.8) is 0 Å². The number of ether oxygens (including phenoxy) is 2. The molecule has 0 unspecified atom stereocenters. The van der Waals surface area contributed by atoms with Gasteiger partial charge < -0.3 is 25.4 Å². The van der Waals surface area contributed by atoms with Gasteiger partial charge in [0.25, 0.3) is 5.91 Å². The third-order valence-corrected chi connectivity index (χ3v) is 7.59. The number of morpholine rings is 2. The van der Waals surface area contributed by atoms with E-state index in [1.165, 1.54) is 0 Å². The molecule has 0 spiro atoms. The van der Waals surface area contributed by atoms with Gasteiger partial charge in [-0.15, -0.1) is 0 Å². The Kier molecular flexibility index (Phi) is 6.97. The molecule has 9 heteroatoms. The van der Waals surface area contributed by atoms with Crippen LogP contribution in [0, 0.1) is 5.95 Å². The summed E-state index contributed by atoms with van der Waals surface area (Å²) < 4.78 is 26.4. The minimum Gasteiger partial charge on any atom is -0.383 e. The summed E-state index contributed by atoms with van der Waals surface area (Å²) in [5.41, 5.74) is 12.8. The van der Waals surface area contributed by atoms with Crippen molar-refractivity contribution in [1.29, 1.82) is 0 Å². The van der Waals surface area contributed by atoms with Crippen molar-refractivity contribution in [2.75, 3.05) is 69.8 Å². The van der Waals surface area contributed by atoms with E-state index >= 15 is 4.39 Å². The third-order valence-electron chi connectivity index (χ3n) is 7.59. The van der Waals surface area contributed by atoms with Crippen LogP contribution in [0.2, 0.25) is 0 Å². The Morgan fingerprint density at radius 2 is 1.61 bits per heavy atom. The van der Waals surface area contributed by atoms with Gasteiger partial charge in [-0.3, -0.25) is 9.69 Å². The predicted octanol–water partition coefficient (Wildman–Crippen LogP) is 3.09. The number of benzene rings is 2. The van der Waals surface area contributed by atoms with Gasteiger partial charge in [-0.25, -0.2) is 4.98 Å². The average Bonchev–Trinajstić information content (AvgIpc) is 2.94. The van der Waals surface area contributed by atoms with Gasteiger partial charge in [-0.05, 0) is 52.9 Å². The molecule has 0 bridgehead atoms. The number of rotatable bonds is 5. The topological polar surface area (TPSA) is 92.9 Å². The third kappa shape index (κ3) is 4.97. The number of nitrogens with zero attached hydrogens (tertiary/aromatic N) is 3. The number of aromatic nitrogens is 1. The minimum absolute atomic E-state index is 0.0724. The van der Waals surface area contributed by atoms with Crippen molar-refractivity contribution < 1.29 is 18.7 Å². The zero-order valence-electron chi connectivity index (χ0n) is 21.3. The number of pyridine rings is 1. The molecule has 1 amide bonds. The molecule has 6 rings (SSSR count). The Hall–Kier alpha value is -3.53. The maximum atomic E-state index is 15.3. The highest BCUT2D eigenvalue weighted by Crippen LogP contribution is 2.35. The Bertz CT molecular complexity index is 1350. The average molecular weight is 518 g/mol. The molecular weight excluding hydrogens is 485 g/mol. The molecular formula is C29H32FN5O3. The molecule has 3 aliphatic heterocycles. The van der Waals surface area contributed by atoms with Crippen molar-refractivity contribution in [2.24, 2.45) is 0 Å². The van der Waals surface area contributed by atoms with E-state index in [1.807, 2.05) is 18.2 Å². The number of carbonyl (C=O) groups is 1. The number of hydrogen-bond donors (Lipinski definition) is 2. The zero-order chi connectivity index (χ0) is 26.1. The van der Waals surface area contributed by atoms with Crippen LogP contribution in [0.15, 0.2) is 42.5 Å². The summed E-state index contributed by atoms with van der Waals surface area (Å²) >= 11 is 0. The molecule has 3 N–H and O–H groups in total. The molecule has 38 heavy (non-hydrogen) atoms. The molecule has 8 nitrogen and oxygen atoms in total. The van der Waals surface area contributed by atoms with E-state index in [1.54, 1.807) is 12.1 Å². The largest absolute Gasteiger partial charge is 0.383 e. The van der Waals surface area contributed by atoms with Crippen LogP contribution in [0.25, 0.3) is 22.3 Å². The summed E-state index contributed by atoms with van der Waals surface area (Å²) in [7, 11) is 0. The van der Waals surface area contributed by atoms with Crippen LogP contribution in [0.4, 0.5) is 15.9 Å². The standard InChI is InChI=1S/C29H32FN5O3/c30-27-24(17-25(28(31)33-27)20-1-3-23-21(15-20)5-6-32-29(23)36)19-2-4-26(35-9-13-38-14-10-35)22(16-19)18-34-7-11-37-12-8-34/h1-4,15-17H,5-14,18H2,(H2,31,33)(H,32,36). The lowest BCUT2D eigenvalue weighted by molar-refractivity contribution is 0.0342. The van der Waals surface area contributed by atoms with Gasteiger partial charge in [0.05, 0.1) is 26.4 Å². The number of nitrogen functional groups attached to an aromatic ring is 1. The van der Waals surface area contributed by atoms with Crippen molar-refractivity contribution >= 4 is 17.4 Å². The second kappa shape index (κ2) is 10.7. The van der Waals surface area contributed by atoms with Gasteiger partial charge in [-0.1, -0.05) is 18.2 Å². The van der Waals surface area contributed by atoms with Gasteiger partial charge in [-0.2, -0.15) is 4.39 Å². The summed E-state index contributed by atoms with van der Waals surface area (Å²) in [5.74, 6) is -0.540. The van der Waals surface area contributed by atoms with Crippen LogP contribution in [-0.2, 0) is 22.4 Å². The van der Waals surface area contributed by atoms with E-state index in [4.69, 9.17) is 15.2 Å². The first-order valence-electron chi connectivity index (χ1n) is 13.2. The summed E-state index contributed by atoms with van der Waals surface area (Å²) in [5, 5.41) is 2.86. The van der Waals surface area contributed by atoms with Crippen LogP contribution in [0.3, 0.4) is 0 Å². The lowest BCUT2D eigenvalue weighted by Crippen LogP contribution is -2.38. The maximum Gasteiger partial charge on any atom is 0.251 e. The minimum atomic E-state index is -0.597. The van der Waals surface area contributed by atoms with Gasteiger partial charge in [0.1, 0.15) is 5.82 Å². The molecule has 2 saturated heterocycles. The quantitative estimate of drug-likeness (QED) is 0.503. The molecule has 3 aliphatic rings. The number of nitrogens with one attached hydrogen (secondary N) is 1. The molecule has 2 aromatic carbocycles. The monoisotopic (exact) mass is 517 g/mol. The molecule has 198 valence electrons. The van der Waals surface area contributed by atoms with E-state index in [0.717, 1.165) is 80.3 Å². The van der Waals surface area contributed by atoms with E-state index in [2.05, 4.69) is 32.2 Å². The van der Waals surface area contributed by atoms with Crippen molar-refractivity contribution in [3.8, 4) is 22.3 Å². The summed E-state index contributed by atoms with van der Waals surface area (Å²) in [6.07, 6.45) is 0.740. The van der Waals surface area contributed by atoms with Gasteiger partial charge in [0, 0.05) is 61.6 Å². The van der Waals surface area contributed by atoms with Crippen LogP contribution in [0.1, 0.15) is 21.5 Å². The second-order valence-corrected chi connectivity index (χ2v) is 9.97. The van der Waals surface area contributed by atoms with Crippen molar-refractivity contribution in [2.45, 2.75) is 13.0 Å². The first-order valence-corrected chi connectivity index (χ1v) is 13.2. The molecule has 1 aromatic heterocycles. The number of hydrogen-bond acceptors (Lipinski definition) is 7. The number of anilines is 2. The van der Waals surface area contributed by atoms with E-state index in [-0.39, 0.29) is 11.7 Å². The van der Waals surface area contributed by atoms with Crippen LogP contribution >= 0.6 is 0 Å². The van der Waals surface area contributed by atoms with E-state index in [9.17, 15) is 4.79 Å².